The van der Waals surface area contributed by atoms with Gasteiger partial charge in [0.15, 0.2) is 0 Å². The zero-order chi connectivity index (χ0) is 15.2. The topological polar surface area (TPSA) is 70.2 Å². The van der Waals surface area contributed by atoms with Crippen LogP contribution in [-0.2, 0) is 4.79 Å². The van der Waals surface area contributed by atoms with Crippen LogP contribution in [0.25, 0.3) is 0 Å². The lowest BCUT2D eigenvalue weighted by molar-refractivity contribution is -0.114. The number of thiol groups is 1. The molecule has 6 heteroatoms. The van der Waals surface area contributed by atoms with Crippen LogP contribution >= 0.6 is 12.6 Å². The smallest absolute Gasteiger partial charge is 0.323 e. The van der Waals surface area contributed by atoms with Gasteiger partial charge in [0, 0.05) is 23.2 Å². The number of rotatable bonds is 3. The number of para-hydroxylation sites is 1. The number of hydrogen-bond donors (Lipinski definition) is 4. The SMILES string of the molecule is CC(=O)Nc1ccc(NC(=O)Nc2ccccc2S)cc1. The van der Waals surface area contributed by atoms with Gasteiger partial charge in [0.1, 0.15) is 0 Å². The highest BCUT2D eigenvalue weighted by Crippen LogP contribution is 2.19. The van der Waals surface area contributed by atoms with Gasteiger partial charge in [-0.05, 0) is 36.4 Å². The average Bonchev–Trinajstić information content (AvgIpc) is 2.43. The van der Waals surface area contributed by atoms with Crippen molar-refractivity contribution in [1.82, 2.24) is 0 Å². The summed E-state index contributed by atoms with van der Waals surface area (Å²) in [5, 5.41) is 8.07. The van der Waals surface area contributed by atoms with E-state index in [1.807, 2.05) is 12.1 Å². The van der Waals surface area contributed by atoms with Gasteiger partial charge in [0.25, 0.3) is 0 Å². The molecule has 0 aliphatic carbocycles. The van der Waals surface area contributed by atoms with E-state index in [2.05, 4.69) is 28.6 Å². The lowest BCUT2D eigenvalue weighted by Gasteiger charge is -2.10. The van der Waals surface area contributed by atoms with Crippen LogP contribution in [0.5, 0.6) is 0 Å². The molecule has 0 saturated heterocycles. The Hall–Kier alpha value is -2.47. The minimum Gasteiger partial charge on any atom is -0.326 e. The Morgan fingerprint density at radius 1 is 0.857 bits per heavy atom. The first-order chi connectivity index (χ1) is 10.0. The summed E-state index contributed by atoms with van der Waals surface area (Å²) in [5.41, 5.74) is 1.93. The Kier molecular flexibility index (Phi) is 4.84. The van der Waals surface area contributed by atoms with E-state index < -0.39 is 0 Å². The molecule has 0 fully saturated rings. The molecular formula is C15H15N3O2S. The highest BCUT2D eigenvalue weighted by molar-refractivity contribution is 7.80. The van der Waals surface area contributed by atoms with Crippen molar-refractivity contribution in [2.75, 3.05) is 16.0 Å². The number of amides is 3. The Labute approximate surface area is 128 Å². The molecule has 108 valence electrons. The van der Waals surface area contributed by atoms with Gasteiger partial charge in [-0.1, -0.05) is 12.1 Å². The Morgan fingerprint density at radius 3 is 2.00 bits per heavy atom. The quantitative estimate of drug-likeness (QED) is 0.654. The normalized spacial score (nSPS) is 9.81. The van der Waals surface area contributed by atoms with Crippen molar-refractivity contribution >= 4 is 41.6 Å². The predicted molar refractivity (Wildman–Crippen MR) is 87.1 cm³/mol. The van der Waals surface area contributed by atoms with Crippen molar-refractivity contribution in [2.45, 2.75) is 11.8 Å². The first-order valence-electron chi connectivity index (χ1n) is 6.28. The molecule has 0 aromatic heterocycles. The minimum atomic E-state index is -0.358. The number of benzene rings is 2. The molecule has 0 heterocycles. The van der Waals surface area contributed by atoms with Crippen LogP contribution in [-0.4, -0.2) is 11.9 Å². The zero-order valence-corrected chi connectivity index (χ0v) is 12.3. The van der Waals surface area contributed by atoms with E-state index >= 15 is 0 Å². The third-order valence-corrected chi connectivity index (χ3v) is 3.01. The molecule has 0 bridgehead atoms. The van der Waals surface area contributed by atoms with Crippen molar-refractivity contribution in [3.05, 3.63) is 48.5 Å². The summed E-state index contributed by atoms with van der Waals surface area (Å²) in [4.78, 5) is 23.5. The van der Waals surface area contributed by atoms with Crippen LogP contribution < -0.4 is 16.0 Å². The van der Waals surface area contributed by atoms with Crippen molar-refractivity contribution in [3.63, 3.8) is 0 Å². The van der Waals surface area contributed by atoms with Gasteiger partial charge in [0.05, 0.1) is 5.69 Å². The van der Waals surface area contributed by atoms with E-state index in [1.54, 1.807) is 36.4 Å². The maximum absolute atomic E-state index is 11.9. The van der Waals surface area contributed by atoms with E-state index in [4.69, 9.17) is 0 Å². The fourth-order valence-corrected chi connectivity index (χ4v) is 1.92. The van der Waals surface area contributed by atoms with Crippen molar-refractivity contribution in [3.8, 4) is 0 Å². The van der Waals surface area contributed by atoms with Gasteiger partial charge in [-0.3, -0.25) is 4.79 Å². The lowest BCUT2D eigenvalue weighted by Crippen LogP contribution is -2.19. The molecule has 0 aliphatic rings. The number of carbonyl (C=O) groups excluding carboxylic acids is 2. The summed E-state index contributed by atoms with van der Waals surface area (Å²) in [5.74, 6) is -0.140. The third kappa shape index (κ3) is 4.54. The molecule has 2 rings (SSSR count). The maximum Gasteiger partial charge on any atom is 0.323 e. The number of carbonyl (C=O) groups is 2. The maximum atomic E-state index is 11.9. The van der Waals surface area contributed by atoms with Crippen LogP contribution in [0.1, 0.15) is 6.92 Å². The molecule has 0 aliphatic heterocycles. The highest BCUT2D eigenvalue weighted by atomic mass is 32.1. The summed E-state index contributed by atoms with van der Waals surface area (Å²) in [6, 6.07) is 13.7. The van der Waals surface area contributed by atoms with Gasteiger partial charge < -0.3 is 16.0 Å². The van der Waals surface area contributed by atoms with Crippen LogP contribution in [0, 0.1) is 0 Å². The molecule has 0 unspecified atom stereocenters. The van der Waals surface area contributed by atoms with E-state index in [0.29, 0.717) is 22.0 Å². The van der Waals surface area contributed by atoms with Crippen molar-refractivity contribution in [2.24, 2.45) is 0 Å². The summed E-state index contributed by atoms with van der Waals surface area (Å²) in [6.07, 6.45) is 0. The van der Waals surface area contributed by atoms with Gasteiger partial charge in [-0.15, -0.1) is 12.6 Å². The fourth-order valence-electron chi connectivity index (χ4n) is 1.70. The molecule has 2 aromatic carbocycles. The molecule has 2 aromatic rings. The summed E-state index contributed by atoms with van der Waals surface area (Å²) in [7, 11) is 0. The first-order valence-corrected chi connectivity index (χ1v) is 6.73. The lowest BCUT2D eigenvalue weighted by atomic mass is 10.3. The second kappa shape index (κ2) is 6.81. The molecule has 21 heavy (non-hydrogen) atoms. The van der Waals surface area contributed by atoms with Crippen molar-refractivity contribution in [1.29, 1.82) is 0 Å². The summed E-state index contributed by atoms with van der Waals surface area (Å²) >= 11 is 4.26. The molecular weight excluding hydrogens is 286 g/mol. The summed E-state index contributed by atoms with van der Waals surface area (Å²) < 4.78 is 0. The van der Waals surface area contributed by atoms with Gasteiger partial charge >= 0.3 is 6.03 Å². The molecule has 0 saturated carbocycles. The van der Waals surface area contributed by atoms with Crippen molar-refractivity contribution < 1.29 is 9.59 Å². The first kappa shape index (κ1) is 14.9. The van der Waals surface area contributed by atoms with E-state index in [-0.39, 0.29) is 11.9 Å². The summed E-state index contributed by atoms with van der Waals surface area (Å²) in [6.45, 7) is 1.44. The van der Waals surface area contributed by atoms with Crippen LogP contribution in [0.15, 0.2) is 53.4 Å². The molecule has 3 amide bonds. The minimum absolute atomic E-state index is 0.140. The zero-order valence-electron chi connectivity index (χ0n) is 11.4. The molecule has 0 atom stereocenters. The molecule has 3 N–H and O–H groups in total. The predicted octanol–water partition coefficient (Wildman–Crippen LogP) is 3.58. The van der Waals surface area contributed by atoms with Crippen LogP contribution in [0.3, 0.4) is 0 Å². The second-order valence-corrected chi connectivity index (χ2v) is 4.84. The molecule has 0 spiro atoms. The van der Waals surface area contributed by atoms with Crippen LogP contribution in [0.2, 0.25) is 0 Å². The standard InChI is InChI=1S/C15H15N3O2S/c1-10(19)16-11-6-8-12(9-7-11)17-15(20)18-13-4-2-3-5-14(13)21/h2-9,21H,1H3,(H,16,19)(H2,17,18,20). The van der Waals surface area contributed by atoms with E-state index in [9.17, 15) is 9.59 Å². The van der Waals surface area contributed by atoms with E-state index in [1.165, 1.54) is 6.92 Å². The third-order valence-electron chi connectivity index (χ3n) is 2.62. The average molecular weight is 301 g/mol. The largest absolute Gasteiger partial charge is 0.326 e. The van der Waals surface area contributed by atoms with E-state index in [0.717, 1.165) is 0 Å². The van der Waals surface area contributed by atoms with Gasteiger partial charge in [0.2, 0.25) is 5.91 Å². The van der Waals surface area contributed by atoms with Gasteiger partial charge in [-0.2, -0.15) is 0 Å². The Bertz CT molecular complexity index is 656. The van der Waals surface area contributed by atoms with Gasteiger partial charge in [-0.25, -0.2) is 4.79 Å². The van der Waals surface area contributed by atoms with Crippen LogP contribution in [0.4, 0.5) is 21.9 Å². The number of anilines is 3. The Morgan fingerprint density at radius 2 is 1.43 bits per heavy atom. The molecule has 5 nitrogen and oxygen atoms in total. The highest BCUT2D eigenvalue weighted by Gasteiger charge is 2.05. The molecule has 0 radical (unpaired) electrons. The monoisotopic (exact) mass is 301 g/mol. The Balaban J connectivity index is 1.96. The second-order valence-electron chi connectivity index (χ2n) is 4.35. The fraction of sp³-hybridized carbons (Fsp3) is 0.0667. The number of hydrogen-bond acceptors (Lipinski definition) is 3. The number of nitrogens with one attached hydrogen (secondary N) is 3. The number of urea groups is 1.